The monoisotopic (exact) mass is 214 g/mol. The summed E-state index contributed by atoms with van der Waals surface area (Å²) in [5.41, 5.74) is 0. The third-order valence-electron chi connectivity index (χ3n) is 3.17. The minimum atomic E-state index is 0.384. The van der Waals surface area contributed by atoms with Gasteiger partial charge in [0.2, 0.25) is 0 Å². The molecular weight excluding hydrogens is 188 g/mol. The van der Waals surface area contributed by atoms with Gasteiger partial charge in [-0.1, -0.05) is 20.8 Å². The molecule has 0 amide bonds. The Balaban J connectivity index is 2.37. The summed E-state index contributed by atoms with van der Waals surface area (Å²) >= 11 is 0. The molecule has 1 aliphatic heterocycles. The molecule has 0 radical (unpaired) electrons. The maximum absolute atomic E-state index is 5.86. The van der Waals surface area contributed by atoms with E-state index in [0.29, 0.717) is 12.1 Å². The van der Waals surface area contributed by atoms with Gasteiger partial charge in [0.15, 0.2) is 0 Å². The molecule has 3 heteroatoms. The highest BCUT2D eigenvalue weighted by atomic mass is 16.5. The zero-order chi connectivity index (χ0) is 11.1. The second kappa shape index (κ2) is 7.20. The van der Waals surface area contributed by atoms with Crippen molar-refractivity contribution in [3.05, 3.63) is 0 Å². The molecule has 90 valence electrons. The van der Waals surface area contributed by atoms with Crippen molar-refractivity contribution in [2.75, 3.05) is 32.8 Å². The van der Waals surface area contributed by atoms with Crippen molar-refractivity contribution in [3.8, 4) is 0 Å². The van der Waals surface area contributed by atoms with Crippen LogP contribution in [0.5, 0.6) is 0 Å². The second-order valence-electron chi connectivity index (χ2n) is 4.27. The fraction of sp³-hybridized carbons (Fsp3) is 1.00. The molecule has 1 fully saturated rings. The van der Waals surface area contributed by atoms with Gasteiger partial charge in [-0.15, -0.1) is 0 Å². The number of likely N-dealkylation sites (N-methyl/N-ethyl adjacent to an activating group) is 1. The van der Waals surface area contributed by atoms with Crippen LogP contribution in [0.25, 0.3) is 0 Å². The fourth-order valence-corrected chi connectivity index (χ4v) is 2.13. The normalized spacial score (nSPS) is 25.4. The third kappa shape index (κ3) is 4.09. The first-order valence-corrected chi connectivity index (χ1v) is 6.39. The largest absolute Gasteiger partial charge is 0.374 e. The summed E-state index contributed by atoms with van der Waals surface area (Å²) in [4.78, 5) is 2.48. The number of hydrogen-bond donors (Lipinski definition) is 1. The van der Waals surface area contributed by atoms with E-state index in [-0.39, 0.29) is 0 Å². The number of ether oxygens (including phenoxy) is 1. The van der Waals surface area contributed by atoms with E-state index in [9.17, 15) is 0 Å². The lowest BCUT2D eigenvalue weighted by atomic mass is 10.1. The van der Waals surface area contributed by atoms with Crippen LogP contribution in [0.4, 0.5) is 0 Å². The van der Waals surface area contributed by atoms with Gasteiger partial charge in [-0.25, -0.2) is 0 Å². The predicted molar refractivity (Wildman–Crippen MR) is 64.2 cm³/mol. The van der Waals surface area contributed by atoms with Crippen LogP contribution >= 0.6 is 0 Å². The quantitative estimate of drug-likeness (QED) is 0.725. The smallest absolute Gasteiger partial charge is 0.0855 e. The van der Waals surface area contributed by atoms with Gasteiger partial charge >= 0.3 is 0 Å². The van der Waals surface area contributed by atoms with Crippen molar-refractivity contribution in [1.29, 1.82) is 0 Å². The molecule has 1 saturated heterocycles. The van der Waals surface area contributed by atoms with Crippen LogP contribution in [-0.4, -0.2) is 49.8 Å². The Morgan fingerprint density at radius 3 is 2.80 bits per heavy atom. The Labute approximate surface area is 94.2 Å². The number of nitrogens with zero attached hydrogens (tertiary/aromatic N) is 1. The summed E-state index contributed by atoms with van der Waals surface area (Å²) in [6.45, 7) is 12.0. The topological polar surface area (TPSA) is 24.5 Å². The van der Waals surface area contributed by atoms with E-state index in [1.165, 1.54) is 6.42 Å². The van der Waals surface area contributed by atoms with Crippen LogP contribution in [-0.2, 0) is 4.74 Å². The lowest BCUT2D eigenvalue weighted by Crippen LogP contribution is -2.52. The minimum absolute atomic E-state index is 0.384. The zero-order valence-electron chi connectivity index (χ0n) is 10.5. The Bertz CT molecular complexity index is 164. The maximum atomic E-state index is 5.86. The van der Waals surface area contributed by atoms with Crippen LogP contribution in [0, 0.1) is 0 Å². The summed E-state index contributed by atoms with van der Waals surface area (Å²) in [5.74, 6) is 0. The van der Waals surface area contributed by atoms with E-state index in [1.807, 2.05) is 0 Å². The fourth-order valence-electron chi connectivity index (χ4n) is 2.13. The first-order valence-electron chi connectivity index (χ1n) is 6.39. The molecule has 1 N–H and O–H groups in total. The van der Waals surface area contributed by atoms with E-state index in [2.05, 4.69) is 31.0 Å². The molecule has 0 bridgehead atoms. The lowest BCUT2D eigenvalue weighted by molar-refractivity contribution is -0.0453. The highest BCUT2D eigenvalue weighted by molar-refractivity contribution is 4.81. The molecule has 0 spiro atoms. The van der Waals surface area contributed by atoms with Gasteiger partial charge in [-0.2, -0.15) is 0 Å². The molecule has 2 atom stereocenters. The molecule has 0 aromatic rings. The van der Waals surface area contributed by atoms with Gasteiger partial charge in [-0.05, 0) is 25.9 Å². The van der Waals surface area contributed by atoms with E-state index >= 15 is 0 Å². The number of hydrogen-bond acceptors (Lipinski definition) is 3. The average Bonchev–Trinajstić information content (AvgIpc) is 2.30. The van der Waals surface area contributed by atoms with Crippen LogP contribution in [0.2, 0.25) is 0 Å². The molecule has 1 heterocycles. The van der Waals surface area contributed by atoms with Crippen LogP contribution in [0.15, 0.2) is 0 Å². The first kappa shape index (κ1) is 12.9. The van der Waals surface area contributed by atoms with E-state index < -0.39 is 0 Å². The first-order chi connectivity index (χ1) is 7.31. The molecule has 1 aliphatic rings. The summed E-state index contributed by atoms with van der Waals surface area (Å²) in [6, 6.07) is 0.527. The van der Waals surface area contributed by atoms with E-state index in [0.717, 1.165) is 39.2 Å². The molecule has 15 heavy (non-hydrogen) atoms. The van der Waals surface area contributed by atoms with Crippen molar-refractivity contribution in [1.82, 2.24) is 10.2 Å². The summed E-state index contributed by atoms with van der Waals surface area (Å²) in [6.07, 6.45) is 2.73. The predicted octanol–water partition coefficient (Wildman–Crippen LogP) is 1.49. The summed E-state index contributed by atoms with van der Waals surface area (Å²) in [5, 5.41) is 3.58. The van der Waals surface area contributed by atoms with Crippen molar-refractivity contribution in [2.24, 2.45) is 0 Å². The molecule has 0 saturated carbocycles. The Morgan fingerprint density at radius 2 is 2.20 bits per heavy atom. The molecule has 3 nitrogen and oxygen atoms in total. The van der Waals surface area contributed by atoms with Gasteiger partial charge in [0, 0.05) is 19.1 Å². The highest BCUT2D eigenvalue weighted by Crippen LogP contribution is 2.11. The van der Waals surface area contributed by atoms with Gasteiger partial charge in [-0.3, -0.25) is 4.90 Å². The number of morpholine rings is 1. The van der Waals surface area contributed by atoms with Gasteiger partial charge in [0.25, 0.3) is 0 Å². The number of rotatable bonds is 6. The Hall–Kier alpha value is -0.120. The highest BCUT2D eigenvalue weighted by Gasteiger charge is 2.25. The van der Waals surface area contributed by atoms with Gasteiger partial charge < -0.3 is 10.1 Å². The van der Waals surface area contributed by atoms with Gasteiger partial charge in [0.05, 0.1) is 12.7 Å². The Kier molecular flexibility index (Phi) is 6.22. The van der Waals surface area contributed by atoms with Crippen molar-refractivity contribution < 1.29 is 4.74 Å². The molecule has 1 rings (SSSR count). The average molecular weight is 214 g/mol. The van der Waals surface area contributed by atoms with Gasteiger partial charge in [0.1, 0.15) is 0 Å². The minimum Gasteiger partial charge on any atom is -0.374 e. The molecule has 0 aromatic carbocycles. The Morgan fingerprint density at radius 1 is 1.40 bits per heavy atom. The maximum Gasteiger partial charge on any atom is 0.0855 e. The van der Waals surface area contributed by atoms with E-state index in [4.69, 9.17) is 4.74 Å². The molecular formula is C12H26N2O. The van der Waals surface area contributed by atoms with Crippen LogP contribution in [0.1, 0.15) is 33.6 Å². The number of nitrogens with one attached hydrogen (secondary N) is 1. The zero-order valence-corrected chi connectivity index (χ0v) is 10.5. The molecule has 0 aromatic heterocycles. The molecule has 2 unspecified atom stereocenters. The molecule has 0 aliphatic carbocycles. The summed E-state index contributed by atoms with van der Waals surface area (Å²) < 4.78 is 5.86. The van der Waals surface area contributed by atoms with Crippen molar-refractivity contribution in [2.45, 2.75) is 45.8 Å². The lowest BCUT2D eigenvalue weighted by Gasteiger charge is -2.36. The third-order valence-corrected chi connectivity index (χ3v) is 3.17. The SMILES string of the molecule is CCCNC(CC)C1CN(CC)CCO1. The van der Waals surface area contributed by atoms with Crippen molar-refractivity contribution in [3.63, 3.8) is 0 Å². The van der Waals surface area contributed by atoms with Crippen molar-refractivity contribution >= 4 is 0 Å². The summed E-state index contributed by atoms with van der Waals surface area (Å²) in [7, 11) is 0. The van der Waals surface area contributed by atoms with Crippen LogP contribution in [0.3, 0.4) is 0 Å². The second-order valence-corrected chi connectivity index (χ2v) is 4.27. The van der Waals surface area contributed by atoms with Crippen LogP contribution < -0.4 is 5.32 Å². The standard InChI is InChI=1S/C12H26N2O/c1-4-7-13-11(5-2)12-10-14(6-3)8-9-15-12/h11-13H,4-10H2,1-3H3. The van der Waals surface area contributed by atoms with E-state index in [1.54, 1.807) is 0 Å².